The quantitative estimate of drug-likeness (QED) is 0.797. The van der Waals surface area contributed by atoms with Gasteiger partial charge in [-0.1, -0.05) is 18.2 Å². The van der Waals surface area contributed by atoms with Crippen molar-refractivity contribution in [2.75, 3.05) is 26.9 Å². The molecule has 2 aliphatic rings. The van der Waals surface area contributed by atoms with E-state index >= 15 is 0 Å². The van der Waals surface area contributed by atoms with Crippen molar-refractivity contribution in [3.05, 3.63) is 59.2 Å². The van der Waals surface area contributed by atoms with Gasteiger partial charge in [-0.2, -0.15) is 0 Å². The number of ether oxygens (including phenoxy) is 2. The predicted molar refractivity (Wildman–Crippen MR) is 103 cm³/mol. The van der Waals surface area contributed by atoms with Gasteiger partial charge in [0.25, 0.3) is 21.8 Å². The summed E-state index contributed by atoms with van der Waals surface area (Å²) in [6.45, 7) is 0.492. The maximum absolute atomic E-state index is 12.8. The number of sulfonamides is 1. The first kappa shape index (κ1) is 19.4. The molecule has 0 radical (unpaired) electrons. The third kappa shape index (κ3) is 3.36. The minimum absolute atomic E-state index is 0.0639. The van der Waals surface area contributed by atoms with Gasteiger partial charge >= 0.3 is 0 Å². The van der Waals surface area contributed by atoms with Crippen molar-refractivity contribution >= 4 is 21.8 Å². The lowest BCUT2D eigenvalue weighted by atomic mass is 10.00. The van der Waals surface area contributed by atoms with E-state index in [-0.39, 0.29) is 35.2 Å². The van der Waals surface area contributed by atoms with E-state index in [0.717, 1.165) is 15.6 Å². The van der Waals surface area contributed by atoms with Crippen LogP contribution in [0.15, 0.2) is 47.4 Å². The Morgan fingerprint density at radius 2 is 2.07 bits per heavy atom. The molecular weight excluding hydrogens is 396 g/mol. The van der Waals surface area contributed by atoms with Crippen LogP contribution in [0.3, 0.4) is 0 Å². The fourth-order valence-corrected chi connectivity index (χ4v) is 5.12. The van der Waals surface area contributed by atoms with Crippen LogP contribution >= 0.6 is 0 Å². The van der Waals surface area contributed by atoms with Crippen LogP contribution in [0.5, 0.6) is 5.75 Å². The molecule has 1 N–H and O–H groups in total. The van der Waals surface area contributed by atoms with E-state index in [2.05, 4.69) is 5.32 Å². The van der Waals surface area contributed by atoms with E-state index in [1.807, 2.05) is 24.3 Å². The Balaban J connectivity index is 1.60. The summed E-state index contributed by atoms with van der Waals surface area (Å²) in [7, 11) is -2.57. The molecule has 0 saturated heterocycles. The van der Waals surface area contributed by atoms with Gasteiger partial charge in [0, 0.05) is 24.7 Å². The predicted octanol–water partition coefficient (Wildman–Crippen LogP) is 1.73. The number of carbonyl (C=O) groups is 2. The highest BCUT2D eigenvalue weighted by Gasteiger charge is 2.41. The largest absolute Gasteiger partial charge is 0.493 e. The van der Waals surface area contributed by atoms with Crippen LogP contribution in [0.1, 0.15) is 38.7 Å². The molecule has 9 heteroatoms. The van der Waals surface area contributed by atoms with Crippen LogP contribution in [-0.4, -0.2) is 51.4 Å². The normalized spacial score (nSPS) is 19.3. The van der Waals surface area contributed by atoms with Crippen molar-refractivity contribution < 1.29 is 27.5 Å². The van der Waals surface area contributed by atoms with Crippen LogP contribution in [0.2, 0.25) is 0 Å². The van der Waals surface area contributed by atoms with Gasteiger partial charge < -0.3 is 14.8 Å². The lowest BCUT2D eigenvalue weighted by Gasteiger charge is -2.26. The molecule has 0 aliphatic carbocycles. The van der Waals surface area contributed by atoms with E-state index in [9.17, 15) is 18.0 Å². The molecule has 0 aromatic heterocycles. The molecule has 0 saturated carbocycles. The van der Waals surface area contributed by atoms with E-state index in [0.29, 0.717) is 13.0 Å². The summed E-state index contributed by atoms with van der Waals surface area (Å²) in [5.41, 5.74) is 1.12. The van der Waals surface area contributed by atoms with Gasteiger partial charge in [0.15, 0.2) is 0 Å². The number of rotatable bonds is 5. The van der Waals surface area contributed by atoms with Crippen molar-refractivity contribution in [3.63, 3.8) is 0 Å². The van der Waals surface area contributed by atoms with Gasteiger partial charge in [0.1, 0.15) is 10.6 Å². The van der Waals surface area contributed by atoms with Crippen molar-refractivity contribution in [1.29, 1.82) is 0 Å². The first-order valence-corrected chi connectivity index (χ1v) is 10.6. The molecule has 2 aromatic carbocycles. The van der Waals surface area contributed by atoms with Gasteiger partial charge in [-0.05, 0) is 24.3 Å². The molecule has 152 valence electrons. The number of nitrogens with zero attached hydrogens (tertiary/aromatic N) is 1. The van der Waals surface area contributed by atoms with Gasteiger partial charge in [-0.25, -0.2) is 12.7 Å². The summed E-state index contributed by atoms with van der Waals surface area (Å²) >= 11 is 0. The minimum atomic E-state index is -4.00. The first-order valence-electron chi connectivity index (χ1n) is 9.16. The highest BCUT2D eigenvalue weighted by Crippen LogP contribution is 2.33. The average molecular weight is 416 g/mol. The standard InChI is InChI=1S/C20H20N2O6S/c1-27-11-9-22-20(24)15-7-6-13(12-18(15)29(22,25)26)19(23)21-16-8-10-28-17-5-3-2-4-14(16)17/h2-7,12,16H,8-11H2,1H3,(H,21,23)/t16-/m0/s1. The Morgan fingerprint density at radius 3 is 2.86 bits per heavy atom. The number of amides is 2. The lowest BCUT2D eigenvalue weighted by Crippen LogP contribution is -2.33. The molecule has 1 atom stereocenters. The van der Waals surface area contributed by atoms with Crippen LogP contribution in [-0.2, 0) is 14.8 Å². The highest BCUT2D eigenvalue weighted by atomic mass is 32.2. The molecule has 0 bridgehead atoms. The number of methoxy groups -OCH3 is 1. The van der Waals surface area contributed by atoms with Crippen molar-refractivity contribution in [3.8, 4) is 5.75 Å². The van der Waals surface area contributed by atoms with Crippen LogP contribution in [0.4, 0.5) is 0 Å². The van der Waals surface area contributed by atoms with Gasteiger partial charge in [0.05, 0.1) is 31.4 Å². The zero-order chi connectivity index (χ0) is 20.6. The maximum atomic E-state index is 12.8. The fraction of sp³-hybridized carbons (Fsp3) is 0.300. The molecule has 2 aromatic rings. The second-order valence-electron chi connectivity index (χ2n) is 6.79. The lowest BCUT2D eigenvalue weighted by molar-refractivity contribution is 0.0835. The topological polar surface area (TPSA) is 102 Å². The first-order chi connectivity index (χ1) is 13.9. The van der Waals surface area contributed by atoms with E-state index in [1.54, 1.807) is 0 Å². The SMILES string of the molecule is COCCN1C(=O)c2ccc(C(=O)N[C@H]3CCOc4ccccc43)cc2S1(=O)=O. The molecule has 29 heavy (non-hydrogen) atoms. The molecule has 4 rings (SSSR count). The Morgan fingerprint density at radius 1 is 1.28 bits per heavy atom. The van der Waals surface area contributed by atoms with E-state index in [1.165, 1.54) is 25.3 Å². The number of carbonyl (C=O) groups excluding carboxylic acids is 2. The van der Waals surface area contributed by atoms with Gasteiger partial charge in [0.2, 0.25) is 0 Å². The van der Waals surface area contributed by atoms with Crippen LogP contribution < -0.4 is 10.1 Å². The average Bonchev–Trinajstić information content (AvgIpc) is 2.92. The van der Waals surface area contributed by atoms with Crippen LogP contribution in [0, 0.1) is 0 Å². The molecule has 2 aliphatic heterocycles. The second kappa shape index (κ2) is 7.49. The summed E-state index contributed by atoms with van der Waals surface area (Å²) in [5, 5.41) is 2.93. The third-order valence-corrected chi connectivity index (χ3v) is 6.85. The smallest absolute Gasteiger partial charge is 0.269 e. The molecular formula is C20H20N2O6S. The van der Waals surface area contributed by atoms with Crippen molar-refractivity contribution in [2.45, 2.75) is 17.4 Å². The summed E-state index contributed by atoms with van der Waals surface area (Å²) < 4.78 is 36.7. The highest BCUT2D eigenvalue weighted by molar-refractivity contribution is 7.90. The number of benzene rings is 2. The number of para-hydroxylation sites is 1. The monoisotopic (exact) mass is 416 g/mol. The fourth-order valence-electron chi connectivity index (χ4n) is 3.55. The van der Waals surface area contributed by atoms with E-state index in [4.69, 9.17) is 9.47 Å². The number of nitrogens with one attached hydrogen (secondary N) is 1. The number of hydrogen-bond acceptors (Lipinski definition) is 6. The second-order valence-corrected chi connectivity index (χ2v) is 8.62. The zero-order valence-electron chi connectivity index (χ0n) is 15.8. The molecule has 2 amide bonds. The summed E-state index contributed by atoms with van der Waals surface area (Å²) in [6, 6.07) is 11.3. The Bertz CT molecular complexity index is 1080. The summed E-state index contributed by atoms with van der Waals surface area (Å²) in [6.07, 6.45) is 0.606. The van der Waals surface area contributed by atoms with Gasteiger partial charge in [-0.3, -0.25) is 9.59 Å². The molecule has 2 heterocycles. The molecule has 8 nitrogen and oxygen atoms in total. The minimum Gasteiger partial charge on any atom is -0.493 e. The van der Waals surface area contributed by atoms with E-state index < -0.39 is 21.8 Å². The Kier molecular flexibility index (Phi) is 5.01. The third-order valence-electron chi connectivity index (χ3n) is 5.03. The van der Waals surface area contributed by atoms with Crippen molar-refractivity contribution in [1.82, 2.24) is 9.62 Å². The number of fused-ring (bicyclic) bond motifs is 2. The maximum Gasteiger partial charge on any atom is 0.269 e. The molecule has 0 unspecified atom stereocenters. The number of hydrogen-bond donors (Lipinski definition) is 1. The summed E-state index contributed by atoms with van der Waals surface area (Å²) in [4.78, 5) is 25.1. The molecule has 0 fully saturated rings. The summed E-state index contributed by atoms with van der Waals surface area (Å²) in [5.74, 6) is -0.296. The Labute approximate surface area is 168 Å². The zero-order valence-corrected chi connectivity index (χ0v) is 16.6. The van der Waals surface area contributed by atoms with Gasteiger partial charge in [-0.15, -0.1) is 0 Å². The van der Waals surface area contributed by atoms with Crippen LogP contribution in [0.25, 0.3) is 0 Å². The Hall–Kier alpha value is -2.91. The van der Waals surface area contributed by atoms with Crippen molar-refractivity contribution in [2.24, 2.45) is 0 Å². The molecule has 0 spiro atoms.